The van der Waals surface area contributed by atoms with Crippen LogP contribution in [0.15, 0.2) is 29.2 Å². The number of halogens is 2. The van der Waals surface area contributed by atoms with Crippen molar-refractivity contribution in [3.05, 3.63) is 63.1 Å². The minimum atomic E-state index is -0.974. The molecule has 1 atom stereocenters. The van der Waals surface area contributed by atoms with Gasteiger partial charge in [-0.05, 0) is 31.7 Å². The number of fused-ring (bicyclic) bond motifs is 1. The Balaban J connectivity index is 1.50. The Kier molecular flexibility index (Phi) is 4.68. The van der Waals surface area contributed by atoms with Crippen LogP contribution >= 0.6 is 0 Å². The zero-order valence-corrected chi connectivity index (χ0v) is 17.3. The Hall–Kier alpha value is -3.43. The molecule has 3 fully saturated rings. The van der Waals surface area contributed by atoms with E-state index in [-0.39, 0.29) is 29.5 Å². The van der Waals surface area contributed by atoms with Gasteiger partial charge in [0.05, 0.1) is 0 Å². The maximum absolute atomic E-state index is 13.9. The predicted molar refractivity (Wildman–Crippen MR) is 110 cm³/mol. The third-order valence-electron chi connectivity index (χ3n) is 6.71. The fourth-order valence-electron chi connectivity index (χ4n) is 5.10. The molecule has 3 aliphatic heterocycles. The molecule has 2 N–H and O–H groups in total. The van der Waals surface area contributed by atoms with E-state index in [0.717, 1.165) is 18.9 Å². The highest BCUT2D eigenvalue weighted by Gasteiger charge is 2.52. The van der Waals surface area contributed by atoms with Gasteiger partial charge in [0.2, 0.25) is 5.43 Å². The van der Waals surface area contributed by atoms with E-state index in [1.807, 2.05) is 11.9 Å². The quantitative estimate of drug-likeness (QED) is 0.746. The monoisotopic (exact) mass is 444 g/mol. The summed E-state index contributed by atoms with van der Waals surface area (Å²) in [5.41, 5.74) is -1.44. The van der Waals surface area contributed by atoms with E-state index in [9.17, 15) is 28.3 Å². The lowest BCUT2D eigenvalue weighted by Crippen LogP contribution is -2.70. The molecule has 1 aromatic heterocycles. The third-order valence-corrected chi connectivity index (χ3v) is 6.71. The summed E-state index contributed by atoms with van der Waals surface area (Å²) < 4.78 is 28.4. The molecule has 0 unspecified atom stereocenters. The number of nitrogens with one attached hydrogen (secondary N) is 1. The maximum atomic E-state index is 13.9. The first-order chi connectivity index (χ1) is 15.3. The average Bonchev–Trinajstić information content (AvgIpc) is 2.74. The van der Waals surface area contributed by atoms with Gasteiger partial charge in [0.1, 0.15) is 23.4 Å². The largest absolute Gasteiger partial charge is 0.502 e. The molecule has 4 aliphatic rings. The first kappa shape index (κ1) is 20.5. The molecule has 2 amide bonds. The molecular formula is C22H22F2N4O4. The highest BCUT2D eigenvalue weighted by Crippen LogP contribution is 2.46. The van der Waals surface area contributed by atoms with Crippen LogP contribution in [0.1, 0.15) is 46.2 Å². The molecule has 2 saturated heterocycles. The molecule has 2 aromatic rings. The first-order valence-electron chi connectivity index (χ1n) is 10.6. The Labute approximate surface area is 182 Å². The van der Waals surface area contributed by atoms with Crippen molar-refractivity contribution in [1.82, 2.24) is 14.9 Å². The predicted octanol–water partition coefficient (Wildman–Crippen LogP) is 1.54. The van der Waals surface area contributed by atoms with Crippen LogP contribution in [0.4, 0.5) is 8.78 Å². The summed E-state index contributed by atoms with van der Waals surface area (Å²) in [6.07, 6.45) is 3.11. The van der Waals surface area contributed by atoms with Crippen LogP contribution in [-0.2, 0) is 6.54 Å². The molecule has 0 radical (unpaired) electrons. The molecule has 1 aromatic carbocycles. The Morgan fingerprint density at radius 3 is 2.69 bits per heavy atom. The van der Waals surface area contributed by atoms with Gasteiger partial charge in [0, 0.05) is 43.4 Å². The van der Waals surface area contributed by atoms with E-state index >= 15 is 0 Å². The van der Waals surface area contributed by atoms with E-state index in [4.69, 9.17) is 0 Å². The zero-order valence-electron chi connectivity index (χ0n) is 17.3. The smallest absolute Gasteiger partial charge is 0.278 e. The van der Waals surface area contributed by atoms with Gasteiger partial charge in [-0.1, -0.05) is 6.07 Å². The number of rotatable bonds is 4. The van der Waals surface area contributed by atoms with Crippen molar-refractivity contribution in [3.63, 3.8) is 0 Å². The van der Waals surface area contributed by atoms with Gasteiger partial charge in [-0.15, -0.1) is 0 Å². The van der Waals surface area contributed by atoms with Crippen molar-refractivity contribution in [2.24, 2.45) is 11.8 Å². The van der Waals surface area contributed by atoms with Crippen LogP contribution < -0.4 is 15.8 Å². The van der Waals surface area contributed by atoms with Crippen molar-refractivity contribution in [1.29, 1.82) is 0 Å². The second-order valence-electron chi connectivity index (χ2n) is 8.56. The summed E-state index contributed by atoms with van der Waals surface area (Å²) >= 11 is 0. The minimum Gasteiger partial charge on any atom is -0.502 e. The molecule has 10 heteroatoms. The van der Waals surface area contributed by atoms with Crippen molar-refractivity contribution >= 4 is 11.8 Å². The van der Waals surface area contributed by atoms with Gasteiger partial charge in [-0.3, -0.25) is 24.1 Å². The minimum absolute atomic E-state index is 0.0481. The fourth-order valence-corrected chi connectivity index (χ4v) is 5.10. The molecular weight excluding hydrogens is 422 g/mol. The van der Waals surface area contributed by atoms with Crippen LogP contribution in [0.25, 0.3) is 0 Å². The molecule has 6 rings (SSSR count). The lowest BCUT2D eigenvalue weighted by atomic mass is 9.69. The van der Waals surface area contributed by atoms with Crippen LogP contribution in [0, 0.1) is 23.5 Å². The molecule has 1 aliphatic carbocycles. The van der Waals surface area contributed by atoms with Gasteiger partial charge in [-0.25, -0.2) is 8.78 Å². The number of hydrogen-bond acceptors (Lipinski definition) is 5. The highest BCUT2D eigenvalue weighted by molar-refractivity contribution is 5.99. The van der Waals surface area contributed by atoms with Crippen molar-refractivity contribution < 1.29 is 23.5 Å². The summed E-state index contributed by atoms with van der Waals surface area (Å²) in [6, 6.07) is 2.97. The van der Waals surface area contributed by atoms with Gasteiger partial charge in [0.15, 0.2) is 11.4 Å². The molecule has 0 spiro atoms. The number of aromatic hydroxyl groups is 1. The van der Waals surface area contributed by atoms with E-state index in [1.165, 1.54) is 16.9 Å². The highest BCUT2D eigenvalue weighted by atomic mass is 19.1. The van der Waals surface area contributed by atoms with Crippen LogP contribution in [-0.4, -0.2) is 45.8 Å². The number of carbonyl (C=O) groups excluding carboxylic acids is 2. The van der Waals surface area contributed by atoms with Crippen molar-refractivity contribution in [2.75, 3.05) is 18.1 Å². The fraction of sp³-hybridized carbons (Fsp3) is 0.409. The summed E-state index contributed by atoms with van der Waals surface area (Å²) in [7, 11) is 0. The van der Waals surface area contributed by atoms with Gasteiger partial charge in [-0.2, -0.15) is 0 Å². The Bertz CT molecular complexity index is 1190. The number of nitrogens with zero attached hydrogens (tertiary/aromatic N) is 3. The van der Waals surface area contributed by atoms with E-state index in [2.05, 4.69) is 5.32 Å². The summed E-state index contributed by atoms with van der Waals surface area (Å²) in [5.74, 6) is -2.87. The topological polar surface area (TPSA) is 94.9 Å². The summed E-state index contributed by atoms with van der Waals surface area (Å²) in [4.78, 5) is 40.2. The van der Waals surface area contributed by atoms with Gasteiger partial charge >= 0.3 is 0 Å². The molecule has 2 bridgehead atoms. The van der Waals surface area contributed by atoms with Crippen molar-refractivity contribution in [3.8, 4) is 5.75 Å². The number of pyridine rings is 1. The van der Waals surface area contributed by atoms with Gasteiger partial charge < -0.3 is 15.3 Å². The number of carbonyl (C=O) groups is 2. The summed E-state index contributed by atoms with van der Waals surface area (Å²) in [5, 5.41) is 15.0. The Morgan fingerprint density at radius 2 is 2.00 bits per heavy atom. The Morgan fingerprint density at radius 1 is 1.25 bits per heavy atom. The number of benzene rings is 1. The molecule has 32 heavy (non-hydrogen) atoms. The lowest BCUT2D eigenvalue weighted by molar-refractivity contribution is -0.00735. The third kappa shape index (κ3) is 2.96. The number of aromatic nitrogens is 1. The molecule has 4 heterocycles. The first-order valence-corrected chi connectivity index (χ1v) is 10.6. The molecule has 8 nitrogen and oxygen atoms in total. The SMILES string of the molecule is CCN1C(=O)c2c(O)c(=O)c(C(=O)NCc3ccc(F)cc3F)cn2N2CC3CC(C3)[C@@H]12. The normalized spacial score (nSPS) is 23.3. The second kappa shape index (κ2) is 7.32. The van der Waals surface area contributed by atoms with Crippen molar-refractivity contribution in [2.45, 2.75) is 32.5 Å². The molecule has 1 saturated carbocycles. The van der Waals surface area contributed by atoms with Crippen LogP contribution in [0.5, 0.6) is 5.75 Å². The van der Waals surface area contributed by atoms with E-state index < -0.39 is 34.6 Å². The van der Waals surface area contributed by atoms with Gasteiger partial charge in [0.25, 0.3) is 11.8 Å². The summed E-state index contributed by atoms with van der Waals surface area (Å²) in [6.45, 7) is 2.65. The molecule has 168 valence electrons. The lowest BCUT2D eigenvalue weighted by Gasteiger charge is -2.59. The van der Waals surface area contributed by atoms with E-state index in [0.29, 0.717) is 31.0 Å². The standard InChI is InChI=1S/C22H22F2N4O4/c1-2-26-21-13-5-11(6-13)9-28(21)27-10-15(18(29)19(30)17(27)22(26)32)20(31)25-8-12-3-4-14(23)7-16(12)24/h3-4,7,10-11,13,21,30H,2,5-6,8-9H2,1H3,(H,25,31)/t11?,13?,21-/m0/s1. The maximum Gasteiger partial charge on any atom is 0.278 e. The van der Waals surface area contributed by atoms with Crippen LogP contribution in [0.2, 0.25) is 0 Å². The number of piperidine rings is 2. The van der Waals surface area contributed by atoms with Crippen LogP contribution in [0.3, 0.4) is 0 Å². The van der Waals surface area contributed by atoms with E-state index in [1.54, 1.807) is 4.90 Å². The second-order valence-corrected chi connectivity index (χ2v) is 8.56. The number of amides is 2. The average molecular weight is 444 g/mol. The zero-order chi connectivity index (χ0) is 22.7. The number of hydrogen-bond donors (Lipinski definition) is 2.